The summed E-state index contributed by atoms with van der Waals surface area (Å²) in [6.07, 6.45) is 6.68. The lowest BCUT2D eigenvalue weighted by atomic mass is 10.0. The van der Waals surface area contributed by atoms with Crippen molar-refractivity contribution in [1.82, 2.24) is 9.55 Å². The predicted octanol–water partition coefficient (Wildman–Crippen LogP) is 7.74. The molecule has 0 unspecified atom stereocenters. The van der Waals surface area contributed by atoms with Crippen molar-refractivity contribution >= 4 is 28.8 Å². The highest BCUT2D eigenvalue weighted by molar-refractivity contribution is 7.90. The van der Waals surface area contributed by atoms with E-state index in [4.69, 9.17) is 9.47 Å². The fourth-order valence-corrected chi connectivity index (χ4v) is 5.50. The van der Waals surface area contributed by atoms with Gasteiger partial charge in [0.05, 0.1) is 24.8 Å². The van der Waals surface area contributed by atoms with Crippen LogP contribution in [0.4, 0.5) is 14.5 Å². The fraction of sp³-hybridized carbons (Fsp3) is 0.294. The molecule has 0 aliphatic heterocycles. The summed E-state index contributed by atoms with van der Waals surface area (Å²) < 4.78 is 51.7. The Kier molecular flexibility index (Phi) is 12.4. The van der Waals surface area contributed by atoms with Gasteiger partial charge in [-0.1, -0.05) is 38.5 Å². The van der Waals surface area contributed by atoms with Gasteiger partial charge in [0.1, 0.15) is 18.1 Å². The molecule has 7 nitrogen and oxygen atoms in total. The molecule has 1 aromatic heterocycles. The van der Waals surface area contributed by atoms with E-state index in [9.17, 15) is 18.1 Å². The molecule has 0 fully saturated rings. The third-order valence-electron chi connectivity index (χ3n) is 6.67. The average Bonchev–Trinajstić information content (AvgIpc) is 3.46. The lowest BCUT2D eigenvalue weighted by Gasteiger charge is -2.13. The number of ether oxygens (including phenoxy) is 2. The highest BCUT2D eigenvalue weighted by atomic mass is 32.2. The molecule has 1 amide bonds. The number of carbonyl (C=O) groups is 1. The van der Waals surface area contributed by atoms with Crippen molar-refractivity contribution in [1.29, 1.82) is 0 Å². The average molecular weight is 622 g/mol. The summed E-state index contributed by atoms with van der Waals surface area (Å²) in [6.45, 7) is 4.89. The highest BCUT2D eigenvalue weighted by Crippen LogP contribution is 2.29. The van der Waals surface area contributed by atoms with Crippen LogP contribution in [0.2, 0.25) is 0 Å². The van der Waals surface area contributed by atoms with Gasteiger partial charge < -0.3 is 23.9 Å². The van der Waals surface area contributed by atoms with E-state index in [0.29, 0.717) is 28.5 Å². The molecule has 0 radical (unpaired) electrons. The maximum absolute atomic E-state index is 12.9. The number of hydrogen-bond acceptors (Lipinski definition) is 5. The molecule has 44 heavy (non-hydrogen) atoms. The molecule has 1 heterocycles. The minimum absolute atomic E-state index is 0.240. The van der Waals surface area contributed by atoms with E-state index in [0.717, 1.165) is 48.4 Å². The lowest BCUT2D eigenvalue weighted by molar-refractivity contribution is -0.111. The number of hydrogen-bond donors (Lipinski definition) is 1. The van der Waals surface area contributed by atoms with E-state index in [1.807, 2.05) is 28.8 Å². The quantitative estimate of drug-likeness (QED) is 0.0786. The predicted molar refractivity (Wildman–Crippen MR) is 171 cm³/mol. The van der Waals surface area contributed by atoms with E-state index in [1.54, 1.807) is 55.0 Å². The Balaban J connectivity index is 1.42. The zero-order chi connectivity index (χ0) is 31.3. The fourth-order valence-electron chi connectivity index (χ4n) is 4.39. The Morgan fingerprint density at radius 3 is 2.48 bits per heavy atom. The minimum atomic E-state index is -2.63. The molecular formula is C34H37F2N3O4S. The van der Waals surface area contributed by atoms with Crippen molar-refractivity contribution in [2.75, 3.05) is 18.5 Å². The topological polar surface area (TPSA) is 88.4 Å². The van der Waals surface area contributed by atoms with Crippen LogP contribution in [-0.4, -0.2) is 39.7 Å². The first-order valence-corrected chi connectivity index (χ1v) is 15.9. The first-order chi connectivity index (χ1) is 21.4. The number of alkyl halides is 2. The van der Waals surface area contributed by atoms with Crippen molar-refractivity contribution in [3.05, 3.63) is 96.6 Å². The van der Waals surface area contributed by atoms with Crippen LogP contribution in [0.15, 0.2) is 90.2 Å². The number of aromatic nitrogens is 2. The van der Waals surface area contributed by atoms with E-state index in [2.05, 4.69) is 24.1 Å². The van der Waals surface area contributed by atoms with E-state index < -0.39 is 30.1 Å². The van der Waals surface area contributed by atoms with Crippen LogP contribution in [0.3, 0.4) is 0 Å². The van der Waals surface area contributed by atoms with Gasteiger partial charge in [-0.2, -0.15) is 0 Å². The summed E-state index contributed by atoms with van der Waals surface area (Å²) in [6, 6.07) is 19.6. The highest BCUT2D eigenvalue weighted by Gasteiger charge is 2.15. The zero-order valence-electron chi connectivity index (χ0n) is 24.9. The summed E-state index contributed by atoms with van der Waals surface area (Å²) in [5, 5.41) is 2.78. The van der Waals surface area contributed by atoms with Gasteiger partial charge in [0.15, 0.2) is 10.6 Å². The monoisotopic (exact) mass is 621 g/mol. The Morgan fingerprint density at radius 1 is 1.02 bits per heavy atom. The number of benzene rings is 3. The number of halogens is 2. The van der Waals surface area contributed by atoms with Gasteiger partial charge in [-0.05, 0) is 89.8 Å². The van der Waals surface area contributed by atoms with Crippen LogP contribution < -0.4 is 14.8 Å². The molecule has 3 aromatic carbocycles. The van der Waals surface area contributed by atoms with E-state index >= 15 is 0 Å². The molecule has 0 saturated carbocycles. The number of anilines is 1. The van der Waals surface area contributed by atoms with Gasteiger partial charge in [0.2, 0.25) is 5.91 Å². The summed E-state index contributed by atoms with van der Waals surface area (Å²) in [5.74, 6) is 0.945. The van der Waals surface area contributed by atoms with Crippen LogP contribution in [0.25, 0.3) is 17.2 Å². The second-order valence-electron chi connectivity index (χ2n) is 10.1. The Morgan fingerprint density at radius 2 is 1.77 bits per heavy atom. The molecule has 4 aromatic rings. The number of carbonyl (C=O) groups excluding carboxylic acids is 1. The number of aryl methyl sites for hydroxylation is 1. The smallest absolute Gasteiger partial charge is 0.272 e. The van der Waals surface area contributed by atoms with Gasteiger partial charge in [-0.3, -0.25) is 4.79 Å². The van der Waals surface area contributed by atoms with Gasteiger partial charge in [0.25, 0.3) is 6.43 Å². The third kappa shape index (κ3) is 9.68. The zero-order valence-corrected chi connectivity index (χ0v) is 25.7. The number of rotatable bonds is 16. The summed E-state index contributed by atoms with van der Waals surface area (Å²) in [7, 11) is 0. The van der Waals surface area contributed by atoms with Crippen molar-refractivity contribution in [2.45, 2.75) is 56.7 Å². The maximum Gasteiger partial charge on any atom is 0.272 e. The number of nitrogens with one attached hydrogen (secondary N) is 1. The van der Waals surface area contributed by atoms with E-state index in [-0.39, 0.29) is 5.75 Å². The first-order valence-electron chi connectivity index (χ1n) is 14.6. The normalized spacial score (nSPS) is 12.0. The van der Waals surface area contributed by atoms with Gasteiger partial charge >= 0.3 is 0 Å². The SMILES string of the molecule is CCCCOc1ccc(-c2ccc(OCC(F)F)c(/C=C/C(=O)Nc3ccc([S@+]([O-])Cc4cncn4CCC)cc3)c2)cc1. The molecule has 0 spiro atoms. The summed E-state index contributed by atoms with van der Waals surface area (Å²) in [4.78, 5) is 17.6. The van der Waals surface area contributed by atoms with E-state index in [1.165, 1.54) is 12.2 Å². The number of unbranched alkanes of at least 4 members (excludes halogenated alkanes) is 1. The molecule has 1 N–H and O–H groups in total. The first kappa shape index (κ1) is 32.8. The second kappa shape index (κ2) is 16.6. The molecule has 4 rings (SSSR count). The summed E-state index contributed by atoms with van der Waals surface area (Å²) in [5.41, 5.74) is 3.65. The molecular weight excluding hydrogens is 584 g/mol. The van der Waals surface area contributed by atoms with Crippen LogP contribution in [0, 0.1) is 0 Å². The Labute approximate surface area is 260 Å². The third-order valence-corrected chi connectivity index (χ3v) is 8.03. The van der Waals surface area contributed by atoms with Crippen LogP contribution in [0.1, 0.15) is 44.4 Å². The van der Waals surface area contributed by atoms with Gasteiger partial charge in [-0.25, -0.2) is 13.8 Å². The van der Waals surface area contributed by atoms with Gasteiger partial charge in [-0.15, -0.1) is 0 Å². The Bertz CT molecular complexity index is 1510. The van der Waals surface area contributed by atoms with Crippen molar-refractivity contribution in [2.24, 2.45) is 0 Å². The van der Waals surface area contributed by atoms with Crippen LogP contribution in [0.5, 0.6) is 11.5 Å². The van der Waals surface area contributed by atoms with Crippen molar-refractivity contribution in [3.8, 4) is 22.6 Å². The maximum atomic E-state index is 12.9. The second-order valence-corrected chi connectivity index (χ2v) is 11.5. The molecule has 0 aliphatic carbocycles. The lowest BCUT2D eigenvalue weighted by Crippen LogP contribution is -2.11. The van der Waals surface area contributed by atoms with Crippen molar-refractivity contribution in [3.63, 3.8) is 0 Å². The standard InChI is InChI=1S/C34H37F2N3O4S/c1-3-5-19-42-30-12-6-25(7-13-30)26-8-16-32(43-22-33(35)36)27(20-26)9-17-34(40)38-28-10-14-31(15-11-28)44(41)23-29-21-37-24-39(29)18-4-2/h6-17,20-21,24,33H,3-5,18-19,22-23H2,1-2H3,(H,38,40)/b17-9+/t44-/m1/s1. The molecule has 0 bridgehead atoms. The molecule has 10 heteroatoms. The largest absolute Gasteiger partial charge is 0.611 e. The molecule has 232 valence electrons. The van der Waals surface area contributed by atoms with Crippen LogP contribution >= 0.6 is 0 Å². The molecule has 0 aliphatic rings. The molecule has 1 atom stereocenters. The molecule has 0 saturated heterocycles. The van der Waals surface area contributed by atoms with Crippen molar-refractivity contribution < 1.29 is 27.6 Å². The van der Waals surface area contributed by atoms with Gasteiger partial charge in [0, 0.05) is 23.9 Å². The number of nitrogens with zero attached hydrogens (tertiary/aromatic N) is 2. The Hall–Kier alpha value is -4.15. The van der Waals surface area contributed by atoms with Crippen LogP contribution in [-0.2, 0) is 28.3 Å². The number of imidazole rings is 1. The number of amides is 1. The summed E-state index contributed by atoms with van der Waals surface area (Å²) >= 11 is -1.27. The minimum Gasteiger partial charge on any atom is -0.611 e.